The van der Waals surface area contributed by atoms with Crippen LogP contribution in [0, 0.1) is 17.8 Å². The first-order valence-electron chi connectivity index (χ1n) is 19.0. The molecule has 0 bridgehead atoms. The van der Waals surface area contributed by atoms with Crippen molar-refractivity contribution in [3.05, 3.63) is 42.5 Å². The predicted molar refractivity (Wildman–Crippen MR) is 218 cm³/mol. The molecule has 1 aliphatic heterocycles. The molecular formula is C40H76O8Si3. The molecular weight excluding hydrogens is 693 g/mol. The van der Waals surface area contributed by atoms with Crippen LogP contribution in [0.3, 0.4) is 0 Å². The molecule has 1 aromatic carbocycles. The average molecular weight is 769 g/mol. The summed E-state index contributed by atoms with van der Waals surface area (Å²) >= 11 is 0. The van der Waals surface area contributed by atoms with Crippen LogP contribution < -0.4 is 4.74 Å². The molecule has 0 saturated carbocycles. The van der Waals surface area contributed by atoms with Gasteiger partial charge >= 0.3 is 0 Å². The van der Waals surface area contributed by atoms with Gasteiger partial charge in [-0.2, -0.15) is 0 Å². The van der Waals surface area contributed by atoms with E-state index in [1.807, 2.05) is 24.3 Å². The van der Waals surface area contributed by atoms with Crippen LogP contribution in [0.2, 0.25) is 61.9 Å². The van der Waals surface area contributed by atoms with Gasteiger partial charge in [-0.25, -0.2) is 0 Å². The van der Waals surface area contributed by atoms with Gasteiger partial charge in [-0.05, 0) is 66.9 Å². The molecule has 0 radical (unpaired) electrons. The third-order valence-electron chi connectivity index (χ3n) is 11.5. The van der Waals surface area contributed by atoms with Crippen molar-refractivity contribution >= 4 is 24.7 Å². The zero-order valence-electron chi connectivity index (χ0n) is 35.3. The summed E-state index contributed by atoms with van der Waals surface area (Å²) in [4.78, 5) is 0. The van der Waals surface area contributed by atoms with E-state index in [9.17, 15) is 5.11 Å². The Morgan fingerprint density at radius 1 is 0.882 bits per heavy atom. The molecule has 1 aliphatic rings. The highest BCUT2D eigenvalue weighted by atomic mass is 28.4. The van der Waals surface area contributed by atoms with E-state index in [4.69, 9.17) is 32.5 Å². The SMILES string of the molecule is C=C[C@@H](COCOCC[Si](C)(C)C)[C@@H](O)[C@H](CO[Si](C)(C)C(C)(C)C)[C@H](O[Si](C)(C)C(C)(C)C)C1(C)O[C@@H]1[C@@H](C)COCc1ccc(OC)cc1. The Morgan fingerprint density at radius 3 is 1.98 bits per heavy atom. The number of ether oxygens (including phenoxy) is 5. The first-order valence-corrected chi connectivity index (χ1v) is 28.5. The van der Waals surface area contributed by atoms with E-state index in [0.29, 0.717) is 26.4 Å². The van der Waals surface area contributed by atoms with Crippen LogP contribution in [-0.2, 0) is 34.4 Å². The van der Waals surface area contributed by atoms with E-state index >= 15 is 0 Å². The van der Waals surface area contributed by atoms with Gasteiger partial charge in [0.2, 0.25) is 0 Å². The van der Waals surface area contributed by atoms with Gasteiger partial charge in [-0.15, -0.1) is 6.58 Å². The number of aliphatic hydroxyl groups is 1. The molecule has 1 aromatic rings. The highest BCUT2D eigenvalue weighted by Gasteiger charge is 2.64. The Balaban J connectivity index is 2.38. The maximum Gasteiger partial charge on any atom is 0.192 e. The van der Waals surface area contributed by atoms with Crippen molar-refractivity contribution in [2.75, 3.05) is 40.3 Å². The molecule has 0 amide bonds. The smallest absolute Gasteiger partial charge is 0.192 e. The molecule has 1 heterocycles. The lowest BCUT2D eigenvalue weighted by atomic mass is 9.80. The minimum Gasteiger partial charge on any atom is -0.497 e. The maximum atomic E-state index is 12.4. The van der Waals surface area contributed by atoms with Gasteiger partial charge in [0.25, 0.3) is 0 Å². The van der Waals surface area contributed by atoms with Gasteiger partial charge < -0.3 is 37.6 Å². The summed E-state index contributed by atoms with van der Waals surface area (Å²) in [5.74, 6) is 0.183. The minimum absolute atomic E-state index is 0.00470. The van der Waals surface area contributed by atoms with Crippen molar-refractivity contribution in [1.82, 2.24) is 0 Å². The highest BCUT2D eigenvalue weighted by molar-refractivity contribution is 6.76. The molecule has 0 aliphatic carbocycles. The van der Waals surface area contributed by atoms with E-state index < -0.39 is 48.4 Å². The lowest BCUT2D eigenvalue weighted by molar-refractivity contribution is -0.0925. The van der Waals surface area contributed by atoms with E-state index in [0.717, 1.165) is 17.4 Å². The van der Waals surface area contributed by atoms with E-state index in [-0.39, 0.29) is 41.4 Å². The summed E-state index contributed by atoms with van der Waals surface area (Å²) in [6.45, 7) is 40.5. The standard InChI is InChI=1S/C40H76O8Si3/c1-18-32(27-45-29-43-23-24-49(11,12)13)35(41)34(28-46-50(14,15)38(3,4)5)37(48-51(16,17)39(6,7)8)40(9)36(47-40)30(2)25-44-26-31-19-21-33(42-10)22-20-31/h18-22,30,32,34-37,41H,1,23-29H2,2-17H3/t30-,32-,34-,35+,36+,37-,40?/m0/s1. The molecule has 0 aromatic heterocycles. The Labute approximate surface area is 315 Å². The molecule has 296 valence electrons. The number of rotatable bonds is 23. The molecule has 2 rings (SSSR count). The quantitative estimate of drug-likeness (QED) is 0.0388. The second kappa shape index (κ2) is 18.6. The van der Waals surface area contributed by atoms with Gasteiger partial charge in [0.15, 0.2) is 16.6 Å². The Bertz CT molecular complexity index is 1190. The normalized spacial score (nSPS) is 21.9. The number of aliphatic hydroxyl groups excluding tert-OH is 1. The van der Waals surface area contributed by atoms with Crippen LogP contribution >= 0.6 is 0 Å². The number of methoxy groups -OCH3 is 1. The monoisotopic (exact) mass is 768 g/mol. The van der Waals surface area contributed by atoms with Crippen molar-refractivity contribution in [2.24, 2.45) is 17.8 Å². The fourth-order valence-corrected chi connectivity index (χ4v) is 8.83. The number of benzene rings is 1. The molecule has 1 saturated heterocycles. The Hall–Kier alpha value is -0.869. The highest BCUT2D eigenvalue weighted by Crippen LogP contribution is 2.51. The fourth-order valence-electron chi connectivity index (χ4n) is 5.64. The van der Waals surface area contributed by atoms with Gasteiger partial charge in [-0.1, -0.05) is 86.3 Å². The summed E-state index contributed by atoms with van der Waals surface area (Å²) in [5, 5.41) is 12.3. The molecule has 8 nitrogen and oxygen atoms in total. The van der Waals surface area contributed by atoms with Gasteiger partial charge in [0.1, 0.15) is 18.1 Å². The maximum absolute atomic E-state index is 12.4. The number of hydrogen-bond donors (Lipinski definition) is 1. The van der Waals surface area contributed by atoms with Crippen LogP contribution in [0.4, 0.5) is 0 Å². The molecule has 11 heteroatoms. The molecule has 1 fully saturated rings. The zero-order chi connectivity index (χ0) is 39.1. The molecule has 1 unspecified atom stereocenters. The molecule has 0 spiro atoms. The van der Waals surface area contributed by atoms with Gasteiger partial charge in [0, 0.05) is 39.0 Å². The van der Waals surface area contributed by atoms with Crippen LogP contribution in [-0.4, -0.2) is 94.1 Å². The van der Waals surface area contributed by atoms with E-state index in [2.05, 4.69) is 108 Å². The van der Waals surface area contributed by atoms with E-state index in [1.54, 1.807) is 13.2 Å². The largest absolute Gasteiger partial charge is 0.497 e. The van der Waals surface area contributed by atoms with Crippen LogP contribution in [0.5, 0.6) is 5.75 Å². The Morgan fingerprint density at radius 2 is 1.47 bits per heavy atom. The lowest BCUT2D eigenvalue weighted by Crippen LogP contribution is -2.56. The topological polar surface area (TPSA) is 88.1 Å². The van der Waals surface area contributed by atoms with Crippen molar-refractivity contribution < 1.29 is 37.6 Å². The van der Waals surface area contributed by atoms with Crippen LogP contribution in [0.15, 0.2) is 36.9 Å². The van der Waals surface area contributed by atoms with Crippen molar-refractivity contribution in [3.63, 3.8) is 0 Å². The fraction of sp³-hybridized carbons (Fsp3) is 0.800. The summed E-state index contributed by atoms with van der Waals surface area (Å²) in [6.07, 6.45) is 0.428. The van der Waals surface area contributed by atoms with E-state index in [1.165, 1.54) is 0 Å². The van der Waals surface area contributed by atoms with Crippen molar-refractivity contribution in [3.8, 4) is 5.75 Å². The summed E-state index contributed by atoms with van der Waals surface area (Å²) < 4.78 is 44.3. The number of epoxide rings is 1. The van der Waals surface area contributed by atoms with Crippen LogP contribution in [0.25, 0.3) is 0 Å². The second-order valence-corrected chi connectivity index (χ2v) is 34.4. The Kier molecular flexibility index (Phi) is 16.9. The second-order valence-electron chi connectivity index (χ2n) is 19.2. The number of hydrogen-bond acceptors (Lipinski definition) is 8. The van der Waals surface area contributed by atoms with Gasteiger partial charge in [0.05, 0.1) is 45.2 Å². The summed E-state index contributed by atoms with van der Waals surface area (Å²) in [5.41, 5.74) is 0.444. The first kappa shape index (κ1) is 46.3. The molecule has 1 N–H and O–H groups in total. The van der Waals surface area contributed by atoms with Crippen molar-refractivity contribution in [1.29, 1.82) is 0 Å². The van der Waals surface area contributed by atoms with Crippen LogP contribution in [0.1, 0.15) is 61.0 Å². The first-order chi connectivity index (χ1) is 23.3. The minimum atomic E-state index is -2.35. The molecule has 7 atom stereocenters. The van der Waals surface area contributed by atoms with Gasteiger partial charge in [-0.3, -0.25) is 0 Å². The average Bonchev–Trinajstić information content (AvgIpc) is 3.71. The lowest BCUT2D eigenvalue weighted by Gasteiger charge is -2.46. The summed E-state index contributed by atoms with van der Waals surface area (Å²) in [7, 11) is -4.07. The third kappa shape index (κ3) is 13.7. The zero-order valence-corrected chi connectivity index (χ0v) is 38.3. The predicted octanol–water partition coefficient (Wildman–Crippen LogP) is 9.53. The third-order valence-corrected chi connectivity index (χ3v) is 22.2. The summed E-state index contributed by atoms with van der Waals surface area (Å²) in [6, 6.07) is 9.03. The van der Waals surface area contributed by atoms with Crippen molar-refractivity contribution in [2.45, 2.75) is 148 Å². The molecule has 51 heavy (non-hydrogen) atoms.